The van der Waals surface area contributed by atoms with Crippen molar-refractivity contribution in [3.8, 4) is 5.75 Å². The fourth-order valence-electron chi connectivity index (χ4n) is 2.47. The first-order valence-corrected chi connectivity index (χ1v) is 7.02. The molecule has 1 aromatic carbocycles. The zero-order chi connectivity index (χ0) is 16.6. The Morgan fingerprint density at radius 1 is 1.39 bits per heavy atom. The van der Waals surface area contributed by atoms with E-state index >= 15 is 0 Å². The van der Waals surface area contributed by atoms with Gasteiger partial charge in [0.1, 0.15) is 18.4 Å². The van der Waals surface area contributed by atoms with E-state index in [0.29, 0.717) is 0 Å². The Kier molecular flexibility index (Phi) is 3.75. The average molecular weight is 325 g/mol. The monoisotopic (exact) mass is 325 g/mol. The number of hydrogen-bond donors (Lipinski definition) is 0. The third-order valence-electron chi connectivity index (χ3n) is 3.69. The van der Waals surface area contributed by atoms with E-state index in [0.717, 1.165) is 12.1 Å². The van der Waals surface area contributed by atoms with Crippen molar-refractivity contribution < 1.29 is 22.7 Å². The molecule has 1 aliphatic heterocycles. The van der Waals surface area contributed by atoms with Gasteiger partial charge in [-0.1, -0.05) is 0 Å². The van der Waals surface area contributed by atoms with E-state index in [1.54, 1.807) is 25.4 Å². The van der Waals surface area contributed by atoms with Crippen LogP contribution in [0.2, 0.25) is 0 Å². The number of halogens is 3. The van der Waals surface area contributed by atoms with E-state index in [-0.39, 0.29) is 30.5 Å². The van der Waals surface area contributed by atoms with Gasteiger partial charge in [-0.15, -0.1) is 0 Å². The lowest BCUT2D eigenvalue weighted by Crippen LogP contribution is -2.41. The molecule has 5 nitrogen and oxygen atoms in total. The van der Waals surface area contributed by atoms with Gasteiger partial charge in [0, 0.05) is 12.4 Å². The maximum Gasteiger partial charge on any atom is 0.416 e. The number of carbonyl (C=O) groups excluding carboxylic acids is 1. The van der Waals surface area contributed by atoms with Crippen molar-refractivity contribution in [3.63, 3.8) is 0 Å². The van der Waals surface area contributed by atoms with Gasteiger partial charge in [0.05, 0.1) is 17.8 Å². The quantitative estimate of drug-likeness (QED) is 0.853. The highest BCUT2D eigenvalue weighted by Gasteiger charge is 2.34. The van der Waals surface area contributed by atoms with Crippen LogP contribution in [0.4, 0.5) is 18.9 Å². The van der Waals surface area contributed by atoms with E-state index in [1.807, 2.05) is 0 Å². The molecule has 1 atom stereocenters. The smallest absolute Gasteiger partial charge is 0.416 e. The number of carbonyl (C=O) groups is 1. The predicted molar refractivity (Wildman–Crippen MR) is 76.2 cm³/mol. The summed E-state index contributed by atoms with van der Waals surface area (Å²) in [5.41, 5.74) is -0.679. The van der Waals surface area contributed by atoms with Gasteiger partial charge in [0.25, 0.3) is 5.91 Å². The third-order valence-corrected chi connectivity index (χ3v) is 3.69. The molecule has 1 amide bonds. The lowest BCUT2D eigenvalue weighted by Gasteiger charge is -2.32. The van der Waals surface area contributed by atoms with Crippen LogP contribution in [0, 0.1) is 0 Å². The molecule has 8 heteroatoms. The second kappa shape index (κ2) is 5.60. The molecule has 122 valence electrons. The number of nitrogens with zero attached hydrogens (tertiary/aromatic N) is 3. The number of hydrogen-bond acceptors (Lipinski definition) is 3. The van der Waals surface area contributed by atoms with Crippen LogP contribution in [0.3, 0.4) is 0 Å². The molecule has 0 bridgehead atoms. The molecular weight excluding hydrogens is 311 g/mol. The molecule has 3 rings (SSSR count). The van der Waals surface area contributed by atoms with Crippen molar-refractivity contribution in [1.29, 1.82) is 0 Å². The van der Waals surface area contributed by atoms with E-state index in [2.05, 4.69) is 5.10 Å². The molecule has 0 fully saturated rings. The fraction of sp³-hybridized carbons (Fsp3) is 0.333. The van der Waals surface area contributed by atoms with E-state index < -0.39 is 17.8 Å². The average Bonchev–Trinajstić information content (AvgIpc) is 3.06. The molecule has 0 aliphatic carbocycles. The minimum absolute atomic E-state index is 0.134. The van der Waals surface area contributed by atoms with E-state index in [1.165, 1.54) is 15.6 Å². The van der Waals surface area contributed by atoms with E-state index in [4.69, 9.17) is 4.74 Å². The highest BCUT2D eigenvalue weighted by Crippen LogP contribution is 2.38. The Labute approximate surface area is 130 Å². The number of aromatic nitrogens is 2. The summed E-state index contributed by atoms with van der Waals surface area (Å²) in [6.45, 7) is 2.08. The lowest BCUT2D eigenvalue weighted by atomic mass is 10.1. The molecule has 1 unspecified atom stereocenters. The fourth-order valence-corrected chi connectivity index (χ4v) is 2.47. The van der Waals surface area contributed by atoms with Crippen LogP contribution in [0.5, 0.6) is 5.75 Å². The Morgan fingerprint density at radius 2 is 2.17 bits per heavy atom. The summed E-state index contributed by atoms with van der Waals surface area (Å²) in [4.78, 5) is 14.0. The number of alkyl halides is 3. The largest absolute Gasteiger partial charge is 0.490 e. The zero-order valence-corrected chi connectivity index (χ0v) is 12.2. The maximum atomic E-state index is 12.9. The van der Waals surface area contributed by atoms with Gasteiger partial charge in [0.2, 0.25) is 0 Å². The number of ether oxygens (including phenoxy) is 1. The van der Waals surface area contributed by atoms with Gasteiger partial charge in [-0.3, -0.25) is 9.48 Å². The maximum absolute atomic E-state index is 12.9. The highest BCUT2D eigenvalue weighted by atomic mass is 19.4. The summed E-state index contributed by atoms with van der Waals surface area (Å²) in [5.74, 6) is -0.0668. The number of fused-ring (bicyclic) bond motifs is 1. The molecule has 0 N–H and O–H groups in total. The Hall–Kier alpha value is -2.51. The summed E-state index contributed by atoms with van der Waals surface area (Å²) in [7, 11) is 0. The highest BCUT2D eigenvalue weighted by molar-refractivity contribution is 5.97. The minimum atomic E-state index is -4.48. The molecule has 2 heterocycles. The number of rotatable bonds is 2. The first kappa shape index (κ1) is 15.4. The molecule has 0 spiro atoms. The Morgan fingerprint density at radius 3 is 2.83 bits per heavy atom. The number of amides is 1. The van der Waals surface area contributed by atoms with E-state index in [9.17, 15) is 18.0 Å². The first-order valence-electron chi connectivity index (χ1n) is 7.02. The summed E-state index contributed by atoms with van der Waals surface area (Å²) in [6, 6.07) is 4.20. The van der Waals surface area contributed by atoms with Crippen LogP contribution in [-0.2, 0) is 11.0 Å². The lowest BCUT2D eigenvalue weighted by molar-refractivity contribution is -0.137. The Balaban J connectivity index is 1.95. The molecule has 1 aromatic heterocycles. The SMILES string of the molecule is CC(C(=O)N1CCOc2ccc(C(F)(F)F)cc21)n1cccn1. The molecule has 23 heavy (non-hydrogen) atoms. The Bertz CT molecular complexity index is 713. The van der Waals surface area contributed by atoms with Crippen molar-refractivity contribution in [3.05, 3.63) is 42.2 Å². The van der Waals surface area contributed by atoms with Crippen LogP contribution < -0.4 is 9.64 Å². The van der Waals surface area contributed by atoms with Gasteiger partial charge in [-0.05, 0) is 31.2 Å². The van der Waals surface area contributed by atoms with Crippen molar-refractivity contribution in [2.75, 3.05) is 18.1 Å². The van der Waals surface area contributed by atoms with Crippen molar-refractivity contribution >= 4 is 11.6 Å². The summed E-state index contributed by atoms with van der Waals surface area (Å²) in [5, 5.41) is 4.00. The van der Waals surface area contributed by atoms with Crippen LogP contribution in [0.25, 0.3) is 0 Å². The summed E-state index contributed by atoms with van der Waals surface area (Å²) in [6.07, 6.45) is -1.30. The molecular formula is C15H14F3N3O2. The number of anilines is 1. The molecule has 2 aromatic rings. The normalized spacial score (nSPS) is 15.7. The first-order chi connectivity index (χ1) is 10.9. The van der Waals surface area contributed by atoms with Crippen LogP contribution in [0.1, 0.15) is 18.5 Å². The standard InChI is InChI=1S/C15H14F3N3O2/c1-10(21-6-2-5-19-21)14(22)20-7-8-23-13-4-3-11(9-12(13)20)15(16,17)18/h2-6,9-10H,7-8H2,1H3. The van der Waals surface area contributed by atoms with Gasteiger partial charge in [-0.2, -0.15) is 18.3 Å². The zero-order valence-electron chi connectivity index (χ0n) is 12.2. The topological polar surface area (TPSA) is 47.4 Å². The van der Waals surface area contributed by atoms with Gasteiger partial charge in [-0.25, -0.2) is 0 Å². The number of benzene rings is 1. The van der Waals surface area contributed by atoms with Crippen LogP contribution in [0.15, 0.2) is 36.7 Å². The minimum Gasteiger partial charge on any atom is -0.490 e. The van der Waals surface area contributed by atoms with Crippen molar-refractivity contribution in [2.45, 2.75) is 19.1 Å². The second-order valence-corrected chi connectivity index (χ2v) is 5.18. The van der Waals surface area contributed by atoms with Gasteiger partial charge < -0.3 is 9.64 Å². The predicted octanol–water partition coefficient (Wildman–Crippen LogP) is 2.89. The summed E-state index contributed by atoms with van der Waals surface area (Å²) >= 11 is 0. The van der Waals surface area contributed by atoms with Crippen LogP contribution in [-0.4, -0.2) is 28.8 Å². The van der Waals surface area contributed by atoms with Crippen LogP contribution >= 0.6 is 0 Å². The van der Waals surface area contributed by atoms with Crippen molar-refractivity contribution in [1.82, 2.24) is 9.78 Å². The second-order valence-electron chi connectivity index (χ2n) is 5.18. The molecule has 0 radical (unpaired) electrons. The molecule has 0 saturated heterocycles. The van der Waals surface area contributed by atoms with Crippen molar-refractivity contribution in [2.24, 2.45) is 0 Å². The van der Waals surface area contributed by atoms with Gasteiger partial charge in [0.15, 0.2) is 0 Å². The molecule has 0 saturated carbocycles. The molecule has 1 aliphatic rings. The van der Waals surface area contributed by atoms with Gasteiger partial charge >= 0.3 is 6.18 Å². The summed E-state index contributed by atoms with van der Waals surface area (Å²) < 4.78 is 45.6. The third kappa shape index (κ3) is 2.88.